The smallest absolute Gasteiger partial charge is 0.243 e. The summed E-state index contributed by atoms with van der Waals surface area (Å²) in [6.45, 7) is 5.72. The van der Waals surface area contributed by atoms with Crippen LogP contribution in [-0.4, -0.2) is 22.7 Å². The van der Waals surface area contributed by atoms with E-state index in [4.69, 9.17) is 0 Å². The van der Waals surface area contributed by atoms with E-state index in [2.05, 4.69) is 10.7 Å². The Morgan fingerprint density at radius 3 is 2.29 bits per heavy atom. The van der Waals surface area contributed by atoms with E-state index in [0.717, 1.165) is 0 Å². The van der Waals surface area contributed by atoms with Crippen LogP contribution in [0.4, 0.5) is 0 Å². The Hall–Kier alpha value is -1.45. The lowest BCUT2D eigenvalue weighted by Crippen LogP contribution is -2.43. The van der Waals surface area contributed by atoms with Crippen LogP contribution >= 0.6 is 0 Å². The van der Waals surface area contributed by atoms with E-state index in [-0.39, 0.29) is 18.0 Å². The number of hydrogen-bond donors (Lipinski definition) is 2. The highest BCUT2D eigenvalue weighted by atomic mass is 16.2. The van der Waals surface area contributed by atoms with Gasteiger partial charge in [0.25, 0.3) is 0 Å². The van der Waals surface area contributed by atoms with Gasteiger partial charge >= 0.3 is 0 Å². The second-order valence-electron chi connectivity index (χ2n) is 3.60. The van der Waals surface area contributed by atoms with E-state index in [9.17, 15) is 4.79 Å². The number of nitrogens with zero attached hydrogens (tertiary/aromatic N) is 1. The minimum Gasteiger partial charge on any atom is -0.352 e. The molecule has 1 aromatic heterocycles. The van der Waals surface area contributed by atoms with E-state index in [0.29, 0.717) is 0 Å². The minimum absolute atomic E-state index is 0.00806. The molecule has 1 heterocycles. The molecule has 1 amide bonds. The third-order valence-electron chi connectivity index (χ3n) is 1.77. The minimum atomic E-state index is -0.232. The second-order valence-corrected chi connectivity index (χ2v) is 3.60. The lowest BCUT2D eigenvalue weighted by Gasteiger charge is -2.17. The van der Waals surface area contributed by atoms with Crippen LogP contribution in [0.25, 0.3) is 0 Å². The Labute approximate surface area is 84.3 Å². The summed E-state index contributed by atoms with van der Waals surface area (Å²) < 4.78 is 1.77. The average Bonchev–Trinajstić information content (AvgIpc) is 2.55. The van der Waals surface area contributed by atoms with Crippen molar-refractivity contribution in [2.75, 3.05) is 5.43 Å². The largest absolute Gasteiger partial charge is 0.352 e. The van der Waals surface area contributed by atoms with Gasteiger partial charge in [-0.25, -0.2) is 0 Å². The van der Waals surface area contributed by atoms with Gasteiger partial charge < -0.3 is 10.7 Å². The van der Waals surface area contributed by atoms with Gasteiger partial charge in [-0.05, 0) is 32.9 Å². The molecule has 1 atom stereocenters. The lowest BCUT2D eigenvalue weighted by atomic mass is 10.3. The van der Waals surface area contributed by atoms with Gasteiger partial charge in [-0.15, -0.1) is 0 Å². The molecule has 78 valence electrons. The predicted molar refractivity (Wildman–Crippen MR) is 56.5 cm³/mol. The van der Waals surface area contributed by atoms with Crippen LogP contribution in [0.5, 0.6) is 0 Å². The Bertz CT molecular complexity index is 280. The molecule has 4 nitrogen and oxygen atoms in total. The Balaban J connectivity index is 2.42. The first-order valence-corrected chi connectivity index (χ1v) is 4.79. The first kappa shape index (κ1) is 10.6. The summed E-state index contributed by atoms with van der Waals surface area (Å²) in [7, 11) is 0. The van der Waals surface area contributed by atoms with Gasteiger partial charge in [0.2, 0.25) is 5.91 Å². The van der Waals surface area contributed by atoms with E-state index in [1.165, 1.54) is 0 Å². The Morgan fingerprint density at radius 2 is 1.79 bits per heavy atom. The molecule has 0 saturated carbocycles. The molecule has 4 heteroatoms. The van der Waals surface area contributed by atoms with Crippen molar-refractivity contribution in [1.29, 1.82) is 0 Å². The predicted octanol–water partition coefficient (Wildman–Crippen LogP) is 0.945. The topological polar surface area (TPSA) is 46.1 Å². The summed E-state index contributed by atoms with van der Waals surface area (Å²) in [5.41, 5.74) is 3.03. The van der Waals surface area contributed by atoms with Gasteiger partial charge in [0.1, 0.15) is 6.04 Å². The first-order chi connectivity index (χ1) is 6.59. The lowest BCUT2D eigenvalue weighted by molar-refractivity contribution is -0.122. The maximum Gasteiger partial charge on any atom is 0.243 e. The zero-order valence-corrected chi connectivity index (χ0v) is 8.82. The fraction of sp³-hybridized carbons (Fsp3) is 0.500. The van der Waals surface area contributed by atoms with Crippen molar-refractivity contribution in [3.05, 3.63) is 24.5 Å². The van der Waals surface area contributed by atoms with E-state index in [1.807, 2.05) is 45.3 Å². The molecule has 0 fully saturated rings. The Morgan fingerprint density at radius 1 is 1.21 bits per heavy atom. The first-order valence-electron chi connectivity index (χ1n) is 4.79. The third-order valence-corrected chi connectivity index (χ3v) is 1.77. The quantitative estimate of drug-likeness (QED) is 0.751. The molecule has 1 rings (SSSR count). The van der Waals surface area contributed by atoms with Crippen LogP contribution < -0.4 is 10.7 Å². The van der Waals surface area contributed by atoms with Crippen molar-refractivity contribution in [3.63, 3.8) is 0 Å². The highest BCUT2D eigenvalue weighted by molar-refractivity contribution is 5.82. The van der Waals surface area contributed by atoms with Gasteiger partial charge in [-0.1, -0.05) is 0 Å². The number of nitrogens with one attached hydrogen (secondary N) is 2. The molecule has 0 saturated heterocycles. The molecule has 0 aliphatic carbocycles. The van der Waals surface area contributed by atoms with Crippen LogP contribution in [0.1, 0.15) is 20.8 Å². The average molecular weight is 195 g/mol. The van der Waals surface area contributed by atoms with Gasteiger partial charge in [0.05, 0.1) is 0 Å². The summed E-state index contributed by atoms with van der Waals surface area (Å²) in [6.07, 6.45) is 3.72. The van der Waals surface area contributed by atoms with Crippen LogP contribution in [-0.2, 0) is 4.79 Å². The van der Waals surface area contributed by atoms with E-state index >= 15 is 0 Å². The van der Waals surface area contributed by atoms with Gasteiger partial charge in [-0.3, -0.25) is 9.47 Å². The fourth-order valence-electron chi connectivity index (χ4n) is 1.11. The van der Waals surface area contributed by atoms with Crippen molar-refractivity contribution in [3.8, 4) is 0 Å². The van der Waals surface area contributed by atoms with Crippen LogP contribution in [0.15, 0.2) is 24.5 Å². The molecular formula is C10H17N3O. The summed E-state index contributed by atoms with van der Waals surface area (Å²) in [5.74, 6) is 0.00806. The van der Waals surface area contributed by atoms with Crippen molar-refractivity contribution < 1.29 is 4.79 Å². The second kappa shape index (κ2) is 4.69. The van der Waals surface area contributed by atoms with Crippen molar-refractivity contribution in [1.82, 2.24) is 9.99 Å². The maximum absolute atomic E-state index is 11.5. The summed E-state index contributed by atoms with van der Waals surface area (Å²) in [4.78, 5) is 11.5. The van der Waals surface area contributed by atoms with Crippen LogP contribution in [0.3, 0.4) is 0 Å². The monoisotopic (exact) mass is 195 g/mol. The molecule has 0 radical (unpaired) electrons. The zero-order valence-electron chi connectivity index (χ0n) is 8.82. The zero-order chi connectivity index (χ0) is 10.6. The van der Waals surface area contributed by atoms with Gasteiger partial charge in [0, 0.05) is 18.4 Å². The fourth-order valence-corrected chi connectivity index (χ4v) is 1.11. The van der Waals surface area contributed by atoms with Gasteiger partial charge in [0.15, 0.2) is 0 Å². The summed E-state index contributed by atoms with van der Waals surface area (Å²) in [5, 5.41) is 2.84. The Kier molecular flexibility index (Phi) is 3.56. The van der Waals surface area contributed by atoms with E-state index in [1.54, 1.807) is 4.68 Å². The molecule has 14 heavy (non-hydrogen) atoms. The number of rotatable bonds is 4. The molecule has 0 aromatic carbocycles. The van der Waals surface area contributed by atoms with Gasteiger partial charge in [-0.2, -0.15) is 0 Å². The van der Waals surface area contributed by atoms with Crippen molar-refractivity contribution in [2.24, 2.45) is 0 Å². The number of carbonyl (C=O) groups is 1. The van der Waals surface area contributed by atoms with E-state index < -0.39 is 0 Å². The molecule has 2 N–H and O–H groups in total. The number of carbonyl (C=O) groups excluding carboxylic acids is 1. The molecule has 0 aliphatic rings. The maximum atomic E-state index is 11.5. The molecule has 0 aliphatic heterocycles. The SMILES string of the molecule is CC(C)NC(=O)C(C)Nn1cccc1. The normalized spacial score (nSPS) is 12.6. The number of aromatic nitrogens is 1. The number of amides is 1. The van der Waals surface area contributed by atoms with Crippen molar-refractivity contribution in [2.45, 2.75) is 32.9 Å². The molecule has 1 aromatic rings. The van der Waals surface area contributed by atoms with Crippen LogP contribution in [0.2, 0.25) is 0 Å². The summed E-state index contributed by atoms with van der Waals surface area (Å²) >= 11 is 0. The highest BCUT2D eigenvalue weighted by Gasteiger charge is 2.12. The third kappa shape index (κ3) is 3.12. The molecular weight excluding hydrogens is 178 g/mol. The standard InChI is InChI=1S/C10H17N3O/c1-8(2)11-10(14)9(3)12-13-6-4-5-7-13/h4-9,12H,1-3H3,(H,11,14). The number of hydrogen-bond acceptors (Lipinski definition) is 2. The highest BCUT2D eigenvalue weighted by Crippen LogP contribution is 1.91. The van der Waals surface area contributed by atoms with Crippen molar-refractivity contribution >= 4 is 5.91 Å². The summed E-state index contributed by atoms with van der Waals surface area (Å²) in [6, 6.07) is 3.75. The van der Waals surface area contributed by atoms with Crippen LogP contribution in [0, 0.1) is 0 Å². The molecule has 0 spiro atoms. The molecule has 0 bridgehead atoms. The molecule has 1 unspecified atom stereocenters.